The van der Waals surface area contributed by atoms with Gasteiger partial charge in [0.25, 0.3) is 5.91 Å². The zero-order valence-corrected chi connectivity index (χ0v) is 15.0. The Kier molecular flexibility index (Phi) is 4.81. The molecule has 0 heterocycles. The molecule has 0 spiro atoms. The number of aryl methyl sites for hydroxylation is 2. The second kappa shape index (κ2) is 6.33. The number of benzene rings is 1. The number of carbonyl (C=O) groups excluding carboxylic acids is 1. The molecule has 0 atom stereocenters. The van der Waals surface area contributed by atoms with Crippen molar-refractivity contribution >= 4 is 11.6 Å². The van der Waals surface area contributed by atoms with Crippen LogP contribution >= 0.6 is 0 Å². The standard InChI is InChI=1S/C19H27N3O/c1-6-22(7-2,8-3)19(9-10-19)18(23)21-17-14(4)11-16(13-20)12-15(17)5/h11-12H,6-10H2,1-5H3/p+1. The number of rotatable bonds is 6. The highest BCUT2D eigenvalue weighted by Crippen LogP contribution is 2.48. The van der Waals surface area contributed by atoms with Crippen molar-refractivity contribution in [2.45, 2.75) is 53.0 Å². The predicted molar refractivity (Wildman–Crippen MR) is 93.1 cm³/mol. The van der Waals surface area contributed by atoms with E-state index in [0.29, 0.717) is 5.56 Å². The number of nitrogens with zero attached hydrogens (tertiary/aromatic N) is 2. The maximum absolute atomic E-state index is 13.1. The number of anilines is 1. The lowest BCUT2D eigenvalue weighted by atomic mass is 10.0. The van der Waals surface area contributed by atoms with Gasteiger partial charge in [0, 0.05) is 18.5 Å². The molecule has 0 saturated heterocycles. The highest BCUT2D eigenvalue weighted by Gasteiger charge is 2.64. The summed E-state index contributed by atoms with van der Waals surface area (Å²) in [6.07, 6.45) is 1.92. The summed E-state index contributed by atoms with van der Waals surface area (Å²) in [6, 6.07) is 5.84. The van der Waals surface area contributed by atoms with Gasteiger partial charge in [0.05, 0.1) is 31.3 Å². The molecular weight excluding hydrogens is 286 g/mol. The summed E-state index contributed by atoms with van der Waals surface area (Å²) in [5, 5.41) is 12.2. The highest BCUT2D eigenvalue weighted by molar-refractivity contribution is 6.00. The van der Waals surface area contributed by atoms with E-state index in [1.165, 1.54) is 0 Å². The van der Waals surface area contributed by atoms with Gasteiger partial charge in [0.1, 0.15) is 0 Å². The summed E-state index contributed by atoms with van der Waals surface area (Å²) < 4.78 is 0.854. The van der Waals surface area contributed by atoms with E-state index < -0.39 is 0 Å². The van der Waals surface area contributed by atoms with E-state index in [9.17, 15) is 4.79 Å². The van der Waals surface area contributed by atoms with Gasteiger partial charge in [-0.25, -0.2) is 0 Å². The third-order valence-electron chi connectivity index (χ3n) is 5.77. The van der Waals surface area contributed by atoms with Crippen molar-refractivity contribution in [2.75, 3.05) is 25.0 Å². The number of nitrogens with one attached hydrogen (secondary N) is 1. The van der Waals surface area contributed by atoms with Crippen molar-refractivity contribution in [1.82, 2.24) is 0 Å². The van der Waals surface area contributed by atoms with E-state index in [2.05, 4.69) is 32.2 Å². The molecule has 4 nitrogen and oxygen atoms in total. The maximum Gasteiger partial charge on any atom is 0.285 e. The van der Waals surface area contributed by atoms with Crippen LogP contribution in [0.3, 0.4) is 0 Å². The van der Waals surface area contributed by atoms with Crippen molar-refractivity contribution in [2.24, 2.45) is 0 Å². The molecule has 23 heavy (non-hydrogen) atoms. The van der Waals surface area contributed by atoms with Gasteiger partial charge in [-0.05, 0) is 57.9 Å². The zero-order chi connectivity index (χ0) is 17.3. The lowest BCUT2D eigenvalue weighted by molar-refractivity contribution is -0.947. The monoisotopic (exact) mass is 314 g/mol. The van der Waals surface area contributed by atoms with Crippen LogP contribution in [-0.2, 0) is 4.79 Å². The lowest BCUT2D eigenvalue weighted by Gasteiger charge is -2.43. The molecule has 1 fully saturated rings. The Morgan fingerprint density at radius 1 is 1.17 bits per heavy atom. The van der Waals surface area contributed by atoms with Gasteiger partial charge in [-0.3, -0.25) is 4.79 Å². The molecule has 0 bridgehead atoms. The van der Waals surface area contributed by atoms with Crippen molar-refractivity contribution in [1.29, 1.82) is 5.26 Å². The van der Waals surface area contributed by atoms with Crippen molar-refractivity contribution < 1.29 is 9.28 Å². The van der Waals surface area contributed by atoms with Crippen LogP contribution in [-0.4, -0.2) is 35.6 Å². The number of amides is 1. The Morgan fingerprint density at radius 2 is 1.65 bits per heavy atom. The van der Waals surface area contributed by atoms with Crippen molar-refractivity contribution in [3.8, 4) is 6.07 Å². The number of carbonyl (C=O) groups is 1. The summed E-state index contributed by atoms with van der Waals surface area (Å²) in [7, 11) is 0. The minimum atomic E-state index is -0.273. The molecule has 2 rings (SSSR count). The fourth-order valence-corrected chi connectivity index (χ4v) is 4.07. The molecule has 4 heteroatoms. The van der Waals surface area contributed by atoms with Gasteiger partial charge < -0.3 is 9.80 Å². The van der Waals surface area contributed by atoms with Gasteiger partial charge in [0.2, 0.25) is 0 Å². The van der Waals surface area contributed by atoms with E-state index in [1.807, 2.05) is 26.0 Å². The van der Waals surface area contributed by atoms with Gasteiger partial charge in [-0.2, -0.15) is 5.26 Å². The molecule has 1 aromatic carbocycles. The van der Waals surface area contributed by atoms with E-state index >= 15 is 0 Å². The Balaban J connectivity index is 2.32. The molecular formula is C19H28N3O+. The van der Waals surface area contributed by atoms with Crippen LogP contribution in [0.25, 0.3) is 0 Å². The molecule has 1 amide bonds. The van der Waals surface area contributed by atoms with Gasteiger partial charge in [-0.15, -0.1) is 0 Å². The first-order valence-electron chi connectivity index (χ1n) is 8.58. The summed E-state index contributed by atoms with van der Waals surface area (Å²) in [5.41, 5.74) is 3.13. The van der Waals surface area contributed by atoms with Crippen molar-refractivity contribution in [3.05, 3.63) is 28.8 Å². The van der Waals surface area contributed by atoms with Gasteiger partial charge >= 0.3 is 0 Å². The first-order chi connectivity index (χ1) is 10.9. The number of hydrogen-bond donors (Lipinski definition) is 1. The van der Waals surface area contributed by atoms with Gasteiger partial charge in [0.15, 0.2) is 5.54 Å². The van der Waals surface area contributed by atoms with E-state index in [0.717, 1.165) is 53.8 Å². The summed E-state index contributed by atoms with van der Waals surface area (Å²) in [4.78, 5) is 13.1. The lowest BCUT2D eigenvalue weighted by Crippen LogP contribution is -2.61. The Labute approximate surface area is 139 Å². The number of hydrogen-bond acceptors (Lipinski definition) is 2. The summed E-state index contributed by atoms with van der Waals surface area (Å²) in [5.74, 6) is 0.138. The number of likely N-dealkylation sites (N-methyl/N-ethyl adjacent to an activating group) is 1. The highest BCUT2D eigenvalue weighted by atomic mass is 16.2. The Hall–Kier alpha value is -1.86. The SMILES string of the molecule is CC[N+](CC)(CC)C1(C(=O)Nc2c(C)cc(C#N)cc2C)CC1. The molecule has 1 aromatic rings. The second-order valence-corrected chi connectivity index (χ2v) is 6.68. The average molecular weight is 314 g/mol. The van der Waals surface area contributed by atoms with Crippen LogP contribution in [0, 0.1) is 25.2 Å². The third kappa shape index (κ3) is 2.74. The molecule has 1 N–H and O–H groups in total. The normalized spacial score (nSPS) is 15.8. The van der Waals surface area contributed by atoms with Crippen LogP contribution in [0.5, 0.6) is 0 Å². The first kappa shape index (κ1) is 17.5. The number of quaternary nitrogens is 1. The van der Waals surface area contributed by atoms with Crippen molar-refractivity contribution in [3.63, 3.8) is 0 Å². The van der Waals surface area contributed by atoms with Crippen LogP contribution in [0.4, 0.5) is 5.69 Å². The van der Waals surface area contributed by atoms with Gasteiger partial charge in [-0.1, -0.05) is 0 Å². The third-order valence-corrected chi connectivity index (χ3v) is 5.77. The molecule has 0 aromatic heterocycles. The predicted octanol–water partition coefficient (Wildman–Crippen LogP) is 3.52. The Morgan fingerprint density at radius 3 is 2.00 bits per heavy atom. The minimum absolute atomic E-state index is 0.138. The minimum Gasteiger partial charge on any atom is -0.320 e. The van der Waals surface area contributed by atoms with E-state index in [4.69, 9.17) is 5.26 Å². The zero-order valence-electron chi connectivity index (χ0n) is 15.0. The summed E-state index contributed by atoms with van der Waals surface area (Å²) in [6.45, 7) is 13.4. The fourth-order valence-electron chi connectivity index (χ4n) is 4.07. The molecule has 1 aliphatic carbocycles. The molecule has 1 aliphatic rings. The second-order valence-electron chi connectivity index (χ2n) is 6.68. The topological polar surface area (TPSA) is 52.9 Å². The number of nitriles is 1. The largest absolute Gasteiger partial charge is 0.320 e. The van der Waals surface area contributed by atoms with Crippen LogP contribution < -0.4 is 5.32 Å². The van der Waals surface area contributed by atoms with Crippen LogP contribution in [0.15, 0.2) is 12.1 Å². The Bertz CT molecular complexity index is 618. The smallest absolute Gasteiger partial charge is 0.285 e. The quantitative estimate of drug-likeness (QED) is 0.817. The summed E-state index contributed by atoms with van der Waals surface area (Å²) >= 11 is 0. The maximum atomic E-state index is 13.1. The average Bonchev–Trinajstić information content (AvgIpc) is 3.35. The molecule has 124 valence electrons. The molecule has 0 unspecified atom stereocenters. The van der Waals surface area contributed by atoms with E-state index in [-0.39, 0.29) is 11.4 Å². The van der Waals surface area contributed by atoms with Crippen LogP contribution in [0.2, 0.25) is 0 Å². The molecule has 0 radical (unpaired) electrons. The fraction of sp³-hybridized carbons (Fsp3) is 0.579. The van der Waals surface area contributed by atoms with Crippen LogP contribution in [0.1, 0.15) is 50.3 Å². The molecule has 0 aliphatic heterocycles. The van der Waals surface area contributed by atoms with E-state index in [1.54, 1.807) is 0 Å². The molecule has 1 saturated carbocycles. The first-order valence-corrected chi connectivity index (χ1v) is 8.58.